The van der Waals surface area contributed by atoms with Crippen LogP contribution in [0.1, 0.15) is 23.7 Å². The number of thioether (sulfide) groups is 1. The van der Waals surface area contributed by atoms with Crippen LogP contribution in [-0.4, -0.2) is 24.0 Å². The maximum absolute atomic E-state index is 11.8. The molecule has 94 valence electrons. The normalized spacial score (nSPS) is 14.3. The van der Waals surface area contributed by atoms with Gasteiger partial charge in [0.25, 0.3) is 0 Å². The zero-order valence-electron chi connectivity index (χ0n) is 10.3. The Morgan fingerprint density at radius 1 is 1.56 bits per heavy atom. The van der Waals surface area contributed by atoms with Gasteiger partial charge in [-0.3, -0.25) is 9.59 Å². The molecular weight excluding hydrogens is 246 g/mol. The van der Waals surface area contributed by atoms with Gasteiger partial charge < -0.3 is 4.90 Å². The van der Waals surface area contributed by atoms with Crippen molar-refractivity contribution in [2.45, 2.75) is 18.2 Å². The fourth-order valence-corrected chi connectivity index (χ4v) is 2.88. The molecule has 1 amide bonds. The number of fused-ring (bicyclic) bond motifs is 1. The Morgan fingerprint density at radius 2 is 2.33 bits per heavy atom. The van der Waals surface area contributed by atoms with E-state index < -0.39 is 0 Å². The molecule has 0 bridgehead atoms. The largest absolute Gasteiger partial charge is 0.307 e. The number of anilines is 1. The average molecular weight is 261 g/mol. The highest BCUT2D eigenvalue weighted by molar-refractivity contribution is 8.00. The minimum Gasteiger partial charge on any atom is -0.307 e. The SMILES string of the molecule is C=CCN1C(=O)CSc2cc(C(=O)CC)ccc21. The lowest BCUT2D eigenvalue weighted by atomic mass is 10.1. The fraction of sp³-hybridized carbons (Fsp3) is 0.286. The van der Waals surface area contributed by atoms with Gasteiger partial charge in [-0.05, 0) is 18.2 Å². The van der Waals surface area contributed by atoms with Crippen molar-refractivity contribution in [3.05, 3.63) is 36.4 Å². The molecule has 1 aliphatic heterocycles. The monoisotopic (exact) mass is 261 g/mol. The Balaban J connectivity index is 2.39. The van der Waals surface area contributed by atoms with Crippen molar-refractivity contribution in [3.8, 4) is 0 Å². The first-order valence-electron chi connectivity index (χ1n) is 5.88. The lowest BCUT2D eigenvalue weighted by molar-refractivity contribution is -0.116. The molecule has 3 nitrogen and oxygen atoms in total. The zero-order valence-corrected chi connectivity index (χ0v) is 11.1. The van der Waals surface area contributed by atoms with Gasteiger partial charge in [0, 0.05) is 23.4 Å². The number of carbonyl (C=O) groups is 2. The number of ketones is 1. The van der Waals surface area contributed by atoms with Gasteiger partial charge in [-0.1, -0.05) is 13.0 Å². The second-order valence-electron chi connectivity index (χ2n) is 4.04. The summed E-state index contributed by atoms with van der Waals surface area (Å²) in [7, 11) is 0. The van der Waals surface area contributed by atoms with Crippen LogP contribution in [-0.2, 0) is 4.79 Å². The highest BCUT2D eigenvalue weighted by Gasteiger charge is 2.24. The van der Waals surface area contributed by atoms with Gasteiger partial charge in [0.15, 0.2) is 5.78 Å². The number of rotatable bonds is 4. The Hall–Kier alpha value is -1.55. The molecular formula is C14H15NO2S. The predicted molar refractivity (Wildman–Crippen MR) is 74.3 cm³/mol. The molecule has 0 aliphatic carbocycles. The van der Waals surface area contributed by atoms with Crippen molar-refractivity contribution in [2.75, 3.05) is 17.2 Å². The molecule has 0 atom stereocenters. The van der Waals surface area contributed by atoms with Crippen molar-refractivity contribution < 1.29 is 9.59 Å². The summed E-state index contributed by atoms with van der Waals surface area (Å²) in [5, 5.41) is 0. The van der Waals surface area contributed by atoms with Gasteiger partial charge in [-0.2, -0.15) is 0 Å². The summed E-state index contributed by atoms with van der Waals surface area (Å²) in [4.78, 5) is 26.2. The van der Waals surface area contributed by atoms with Crippen LogP contribution in [0.3, 0.4) is 0 Å². The van der Waals surface area contributed by atoms with Crippen LogP contribution in [0.15, 0.2) is 35.7 Å². The van der Waals surface area contributed by atoms with Gasteiger partial charge in [0.2, 0.25) is 5.91 Å². The molecule has 0 saturated heterocycles. The first-order valence-corrected chi connectivity index (χ1v) is 6.87. The molecule has 1 heterocycles. The van der Waals surface area contributed by atoms with E-state index in [9.17, 15) is 9.59 Å². The van der Waals surface area contributed by atoms with Crippen LogP contribution >= 0.6 is 11.8 Å². The van der Waals surface area contributed by atoms with Gasteiger partial charge in [0.05, 0.1) is 11.4 Å². The van der Waals surface area contributed by atoms with E-state index in [-0.39, 0.29) is 11.7 Å². The summed E-state index contributed by atoms with van der Waals surface area (Å²) in [5.74, 6) is 0.637. The van der Waals surface area contributed by atoms with E-state index in [1.54, 1.807) is 17.0 Å². The predicted octanol–water partition coefficient (Wildman–Crippen LogP) is 2.90. The third-order valence-corrected chi connectivity index (χ3v) is 3.89. The lowest BCUT2D eigenvalue weighted by Crippen LogP contribution is -2.35. The van der Waals surface area contributed by atoms with E-state index >= 15 is 0 Å². The molecule has 1 aliphatic rings. The second kappa shape index (κ2) is 5.40. The number of carbonyl (C=O) groups excluding carboxylic acids is 2. The van der Waals surface area contributed by atoms with E-state index in [2.05, 4.69) is 6.58 Å². The number of hydrogen-bond donors (Lipinski definition) is 0. The summed E-state index contributed by atoms with van der Waals surface area (Å²) in [5.41, 5.74) is 1.60. The molecule has 1 aromatic rings. The van der Waals surface area contributed by atoms with Crippen molar-refractivity contribution in [1.82, 2.24) is 0 Å². The molecule has 1 aromatic carbocycles. The summed E-state index contributed by atoms with van der Waals surface area (Å²) in [6.07, 6.45) is 2.21. The van der Waals surface area contributed by atoms with Crippen LogP contribution in [0.4, 0.5) is 5.69 Å². The van der Waals surface area contributed by atoms with Gasteiger partial charge in [0.1, 0.15) is 0 Å². The van der Waals surface area contributed by atoms with E-state index in [1.165, 1.54) is 11.8 Å². The second-order valence-corrected chi connectivity index (χ2v) is 5.06. The number of Topliss-reactive ketones (excluding diaryl/α,β-unsaturated/α-hetero) is 1. The summed E-state index contributed by atoms with van der Waals surface area (Å²) in [6.45, 7) is 6.02. The highest BCUT2D eigenvalue weighted by atomic mass is 32.2. The number of benzene rings is 1. The Morgan fingerprint density at radius 3 is 3.00 bits per heavy atom. The molecule has 0 saturated carbocycles. The molecule has 0 unspecified atom stereocenters. The molecule has 0 aromatic heterocycles. The van der Waals surface area contributed by atoms with Crippen molar-refractivity contribution in [1.29, 1.82) is 0 Å². The molecule has 0 radical (unpaired) electrons. The standard InChI is InChI=1S/C14H15NO2S/c1-3-7-15-11-6-5-10(12(16)4-2)8-13(11)18-9-14(15)17/h3,5-6,8H,1,4,7,9H2,2H3. The Bertz CT molecular complexity index is 511. The van der Waals surface area contributed by atoms with Crippen LogP contribution in [0.5, 0.6) is 0 Å². The average Bonchev–Trinajstić information content (AvgIpc) is 2.40. The molecule has 18 heavy (non-hydrogen) atoms. The zero-order chi connectivity index (χ0) is 13.1. The highest BCUT2D eigenvalue weighted by Crippen LogP contribution is 2.36. The van der Waals surface area contributed by atoms with Crippen LogP contribution in [0.2, 0.25) is 0 Å². The van der Waals surface area contributed by atoms with Gasteiger partial charge in [-0.15, -0.1) is 18.3 Å². The quantitative estimate of drug-likeness (QED) is 0.618. The van der Waals surface area contributed by atoms with Crippen LogP contribution in [0.25, 0.3) is 0 Å². The molecule has 0 N–H and O–H groups in total. The van der Waals surface area contributed by atoms with Crippen LogP contribution in [0, 0.1) is 0 Å². The van der Waals surface area contributed by atoms with Crippen molar-refractivity contribution in [2.24, 2.45) is 0 Å². The first kappa shape index (κ1) is 12.9. The maximum Gasteiger partial charge on any atom is 0.237 e. The number of hydrogen-bond acceptors (Lipinski definition) is 3. The lowest BCUT2D eigenvalue weighted by Gasteiger charge is -2.28. The minimum absolute atomic E-state index is 0.0852. The smallest absolute Gasteiger partial charge is 0.237 e. The third kappa shape index (κ3) is 2.34. The van der Waals surface area contributed by atoms with Gasteiger partial charge in [-0.25, -0.2) is 0 Å². The van der Waals surface area contributed by atoms with Crippen molar-refractivity contribution >= 4 is 29.1 Å². The Kier molecular flexibility index (Phi) is 3.87. The first-order chi connectivity index (χ1) is 8.67. The summed E-state index contributed by atoms with van der Waals surface area (Å²) >= 11 is 1.49. The van der Waals surface area contributed by atoms with E-state index in [1.807, 2.05) is 19.1 Å². The van der Waals surface area contributed by atoms with Crippen molar-refractivity contribution in [3.63, 3.8) is 0 Å². The topological polar surface area (TPSA) is 37.4 Å². The molecule has 0 fully saturated rings. The Labute approximate surface area is 111 Å². The molecule has 2 rings (SSSR count). The molecule has 0 spiro atoms. The fourth-order valence-electron chi connectivity index (χ4n) is 1.91. The van der Waals surface area contributed by atoms with E-state index in [4.69, 9.17) is 0 Å². The summed E-state index contributed by atoms with van der Waals surface area (Å²) in [6, 6.07) is 5.53. The van der Waals surface area contributed by atoms with Gasteiger partial charge >= 0.3 is 0 Å². The maximum atomic E-state index is 11.8. The third-order valence-electron chi connectivity index (χ3n) is 2.86. The summed E-state index contributed by atoms with van der Waals surface area (Å²) < 4.78 is 0. The van der Waals surface area contributed by atoms with Crippen LogP contribution < -0.4 is 4.90 Å². The number of nitrogens with zero attached hydrogens (tertiary/aromatic N) is 1. The number of amides is 1. The van der Waals surface area contributed by atoms with E-state index in [0.717, 1.165) is 16.1 Å². The molecule has 4 heteroatoms. The minimum atomic E-state index is 0.0852. The van der Waals surface area contributed by atoms with E-state index in [0.29, 0.717) is 18.7 Å².